The highest BCUT2D eigenvalue weighted by atomic mass is 32.2. The first-order valence-electron chi connectivity index (χ1n) is 10.1. The quantitative estimate of drug-likeness (QED) is 0.411. The van der Waals surface area contributed by atoms with Crippen LogP contribution < -0.4 is 10.2 Å². The van der Waals surface area contributed by atoms with Crippen molar-refractivity contribution in [2.24, 2.45) is 5.92 Å². The predicted octanol–water partition coefficient (Wildman–Crippen LogP) is 1.55. The highest BCUT2D eigenvalue weighted by Crippen LogP contribution is 2.34. The van der Waals surface area contributed by atoms with Crippen LogP contribution in [0.4, 0.5) is 0 Å². The third-order valence-electron chi connectivity index (χ3n) is 5.49. The third kappa shape index (κ3) is 6.48. The van der Waals surface area contributed by atoms with E-state index in [1.54, 1.807) is 19.3 Å². The molecule has 29 heavy (non-hydrogen) atoms. The Balaban J connectivity index is 2.22. The largest absolute Gasteiger partial charge is 0.309 e. The summed E-state index contributed by atoms with van der Waals surface area (Å²) in [5, 5.41) is 8.97. The molecule has 2 rings (SSSR count). The number of amides is 1. The summed E-state index contributed by atoms with van der Waals surface area (Å²) in [6.45, 7) is 4.61. The average molecular weight is 427 g/mol. The summed E-state index contributed by atoms with van der Waals surface area (Å²) < 4.78 is 30.3. The van der Waals surface area contributed by atoms with Crippen LogP contribution in [0.5, 0.6) is 0 Å². The minimum Gasteiger partial charge on any atom is -0.309 e. The highest BCUT2D eigenvalue weighted by molar-refractivity contribution is 7.87. The topological polar surface area (TPSA) is 102 Å². The fourth-order valence-corrected chi connectivity index (χ4v) is 5.60. The molecule has 0 spiro atoms. The summed E-state index contributed by atoms with van der Waals surface area (Å²) in [5.41, 5.74) is 2.79. The van der Waals surface area contributed by atoms with Gasteiger partial charge in [-0.2, -0.15) is 17.4 Å². The maximum atomic E-state index is 13.2. The van der Waals surface area contributed by atoms with E-state index < -0.39 is 22.2 Å². The van der Waals surface area contributed by atoms with Crippen molar-refractivity contribution in [1.82, 2.24) is 19.4 Å². The molecule has 1 heterocycles. The molecule has 1 aromatic carbocycles. The first-order valence-corrected chi connectivity index (χ1v) is 11.5. The molecule has 164 valence electrons. The summed E-state index contributed by atoms with van der Waals surface area (Å²) in [6.07, 6.45) is 2.16. The molecule has 1 aliphatic heterocycles. The molecule has 3 atom stereocenters. The molecule has 0 bridgehead atoms. The van der Waals surface area contributed by atoms with Crippen LogP contribution >= 0.6 is 0 Å². The van der Waals surface area contributed by atoms with Gasteiger partial charge in [0.2, 0.25) is 0 Å². The monoisotopic (exact) mass is 426 g/mol. The van der Waals surface area contributed by atoms with Crippen molar-refractivity contribution in [3.8, 4) is 0 Å². The van der Waals surface area contributed by atoms with Crippen molar-refractivity contribution in [3.63, 3.8) is 0 Å². The van der Waals surface area contributed by atoms with Crippen molar-refractivity contribution in [1.29, 1.82) is 0 Å². The molecule has 9 heteroatoms. The van der Waals surface area contributed by atoms with Gasteiger partial charge in [0.15, 0.2) is 0 Å². The van der Waals surface area contributed by atoms with Crippen LogP contribution in [0.15, 0.2) is 30.3 Å². The van der Waals surface area contributed by atoms with Crippen LogP contribution in [-0.4, -0.2) is 68.0 Å². The fraction of sp³-hybridized carbons (Fsp3) is 0.650. The van der Waals surface area contributed by atoms with Gasteiger partial charge in [-0.1, -0.05) is 44.2 Å². The molecular formula is C20H34N4O4S. The van der Waals surface area contributed by atoms with E-state index in [2.05, 4.69) is 16.9 Å². The van der Waals surface area contributed by atoms with E-state index in [9.17, 15) is 13.2 Å². The number of benzene rings is 1. The summed E-state index contributed by atoms with van der Waals surface area (Å²) in [7, 11) is 0.0420. The van der Waals surface area contributed by atoms with Crippen LogP contribution in [-0.2, 0) is 15.0 Å². The lowest BCUT2D eigenvalue weighted by molar-refractivity contribution is -0.131. The highest BCUT2D eigenvalue weighted by Gasteiger charge is 2.38. The molecule has 1 amide bonds. The molecule has 0 saturated carbocycles. The van der Waals surface area contributed by atoms with E-state index in [0.717, 1.165) is 19.4 Å². The Labute approximate surface area is 174 Å². The van der Waals surface area contributed by atoms with Crippen LogP contribution in [0.25, 0.3) is 0 Å². The number of carbonyl (C=O) groups excluding carboxylic acids is 1. The second-order valence-electron chi connectivity index (χ2n) is 8.31. The van der Waals surface area contributed by atoms with Gasteiger partial charge in [-0.3, -0.25) is 10.0 Å². The lowest BCUT2D eigenvalue weighted by atomic mass is 9.85. The molecule has 1 saturated heterocycles. The summed E-state index contributed by atoms with van der Waals surface area (Å²) in [5.74, 6) is -0.761. The van der Waals surface area contributed by atoms with Crippen LogP contribution in [0.2, 0.25) is 0 Å². The van der Waals surface area contributed by atoms with E-state index in [4.69, 9.17) is 5.21 Å². The zero-order chi connectivity index (χ0) is 21.6. The molecule has 1 aromatic rings. The van der Waals surface area contributed by atoms with Crippen molar-refractivity contribution < 1.29 is 18.4 Å². The van der Waals surface area contributed by atoms with Crippen LogP contribution in [0, 0.1) is 5.92 Å². The standard InChI is InChI=1S/C20H34N4O4S/c1-15(2)19(20(25)21-26)22-29(27,28)24-13-10-17(16-8-6-5-7-9-16)14-18(24)11-12-23(3)4/h5-9,15,17-19,22,26H,10-14H2,1-4H3,(H,21,25). The van der Waals surface area contributed by atoms with E-state index in [0.29, 0.717) is 18.9 Å². The molecule has 1 fully saturated rings. The number of hydrogen-bond donors (Lipinski definition) is 3. The number of carbonyl (C=O) groups is 1. The maximum absolute atomic E-state index is 13.2. The van der Waals surface area contributed by atoms with Gasteiger partial charge in [-0.05, 0) is 57.3 Å². The lowest BCUT2D eigenvalue weighted by Gasteiger charge is -2.40. The first kappa shape index (κ1) is 23.8. The zero-order valence-corrected chi connectivity index (χ0v) is 18.5. The number of rotatable bonds is 9. The Bertz CT molecular complexity index is 755. The minimum atomic E-state index is -3.89. The van der Waals surface area contributed by atoms with Gasteiger partial charge in [0.25, 0.3) is 16.1 Å². The number of hydrogen-bond acceptors (Lipinski definition) is 5. The Morgan fingerprint density at radius 3 is 2.48 bits per heavy atom. The predicted molar refractivity (Wildman–Crippen MR) is 113 cm³/mol. The van der Waals surface area contributed by atoms with E-state index in [1.165, 1.54) is 9.87 Å². The van der Waals surface area contributed by atoms with E-state index in [-0.39, 0.29) is 12.0 Å². The van der Waals surface area contributed by atoms with Crippen LogP contribution in [0.1, 0.15) is 44.6 Å². The van der Waals surface area contributed by atoms with E-state index in [1.807, 2.05) is 37.2 Å². The van der Waals surface area contributed by atoms with E-state index >= 15 is 0 Å². The van der Waals surface area contributed by atoms with Gasteiger partial charge in [0.1, 0.15) is 6.04 Å². The Hall–Kier alpha value is -1.52. The van der Waals surface area contributed by atoms with Gasteiger partial charge in [-0.25, -0.2) is 5.48 Å². The third-order valence-corrected chi connectivity index (χ3v) is 7.14. The lowest BCUT2D eigenvalue weighted by Crippen LogP contribution is -2.57. The Morgan fingerprint density at radius 2 is 1.93 bits per heavy atom. The molecule has 0 aromatic heterocycles. The molecule has 3 N–H and O–H groups in total. The molecule has 0 radical (unpaired) electrons. The van der Waals surface area contributed by atoms with Crippen molar-refractivity contribution in [2.75, 3.05) is 27.2 Å². The summed E-state index contributed by atoms with van der Waals surface area (Å²) >= 11 is 0. The average Bonchev–Trinajstić information content (AvgIpc) is 2.70. The van der Waals surface area contributed by atoms with Gasteiger partial charge < -0.3 is 4.90 Å². The second-order valence-corrected chi connectivity index (χ2v) is 9.96. The van der Waals surface area contributed by atoms with Crippen molar-refractivity contribution in [3.05, 3.63) is 35.9 Å². The van der Waals surface area contributed by atoms with Gasteiger partial charge >= 0.3 is 0 Å². The number of hydroxylamine groups is 1. The second kappa shape index (κ2) is 10.5. The zero-order valence-electron chi connectivity index (χ0n) is 17.7. The number of nitrogens with zero attached hydrogens (tertiary/aromatic N) is 2. The molecular weight excluding hydrogens is 392 g/mol. The van der Waals surface area contributed by atoms with Gasteiger partial charge in [-0.15, -0.1) is 0 Å². The first-order chi connectivity index (χ1) is 13.7. The SMILES string of the molecule is CC(C)C(NS(=O)(=O)N1CCC(c2ccccc2)CC1CCN(C)C)C(=O)NO. The van der Waals surface area contributed by atoms with Crippen molar-refractivity contribution in [2.45, 2.75) is 51.1 Å². The Kier molecular flexibility index (Phi) is 8.59. The van der Waals surface area contributed by atoms with Crippen molar-refractivity contribution >= 4 is 16.1 Å². The van der Waals surface area contributed by atoms with Gasteiger partial charge in [0.05, 0.1) is 0 Å². The maximum Gasteiger partial charge on any atom is 0.280 e. The molecule has 0 aliphatic carbocycles. The normalized spacial score (nSPS) is 22.0. The van der Waals surface area contributed by atoms with Crippen LogP contribution in [0.3, 0.4) is 0 Å². The molecule has 3 unspecified atom stereocenters. The minimum absolute atomic E-state index is 0.168. The fourth-order valence-electron chi connectivity index (χ4n) is 3.83. The summed E-state index contributed by atoms with van der Waals surface area (Å²) in [4.78, 5) is 14.0. The Morgan fingerprint density at radius 1 is 1.28 bits per heavy atom. The summed E-state index contributed by atoms with van der Waals surface area (Å²) in [6, 6.07) is 8.98. The smallest absolute Gasteiger partial charge is 0.280 e. The molecule has 8 nitrogen and oxygen atoms in total. The van der Waals surface area contributed by atoms with Gasteiger partial charge in [0, 0.05) is 12.6 Å². The number of nitrogens with one attached hydrogen (secondary N) is 2. The molecule has 1 aliphatic rings. The number of piperidine rings is 1.